The molecule has 1 atom stereocenters. The molecule has 1 N–H and O–H groups in total. The van der Waals surface area contributed by atoms with Crippen molar-refractivity contribution in [3.63, 3.8) is 0 Å². The van der Waals surface area contributed by atoms with Gasteiger partial charge in [-0.3, -0.25) is 4.68 Å². The van der Waals surface area contributed by atoms with Gasteiger partial charge in [0.15, 0.2) is 0 Å². The van der Waals surface area contributed by atoms with E-state index >= 15 is 0 Å². The Hall–Kier alpha value is -1.84. The molecule has 4 heteroatoms. The molecule has 0 aliphatic carbocycles. The maximum Gasteiger partial charge on any atom is 0.128 e. The lowest BCUT2D eigenvalue weighted by Crippen LogP contribution is -2.09. The zero-order valence-corrected chi connectivity index (χ0v) is 10.9. The molecule has 3 nitrogen and oxygen atoms in total. The molecule has 0 bridgehead atoms. The van der Waals surface area contributed by atoms with Gasteiger partial charge in [-0.05, 0) is 19.4 Å². The highest BCUT2D eigenvalue weighted by atomic mass is 19.1. The largest absolute Gasteiger partial charge is 0.376 e. The summed E-state index contributed by atoms with van der Waals surface area (Å²) < 4.78 is 15.4. The summed E-state index contributed by atoms with van der Waals surface area (Å²) in [6, 6.07) is 6.75. The van der Waals surface area contributed by atoms with Gasteiger partial charge in [-0.2, -0.15) is 5.10 Å². The molecule has 0 spiro atoms. The summed E-state index contributed by atoms with van der Waals surface area (Å²) >= 11 is 0. The molecule has 0 aliphatic rings. The first-order valence-corrected chi connectivity index (χ1v) is 6.15. The molecule has 1 unspecified atom stereocenters. The molecule has 0 saturated carbocycles. The topological polar surface area (TPSA) is 29.9 Å². The van der Waals surface area contributed by atoms with E-state index < -0.39 is 0 Å². The highest BCUT2D eigenvalue weighted by Crippen LogP contribution is 2.23. The van der Waals surface area contributed by atoms with E-state index in [1.807, 2.05) is 26.2 Å². The first-order chi connectivity index (χ1) is 8.61. The third kappa shape index (κ3) is 2.53. The van der Waals surface area contributed by atoms with Crippen molar-refractivity contribution in [2.45, 2.75) is 26.3 Å². The molecule has 0 saturated heterocycles. The third-order valence-electron chi connectivity index (χ3n) is 2.98. The van der Waals surface area contributed by atoms with Crippen molar-refractivity contribution < 1.29 is 4.39 Å². The van der Waals surface area contributed by atoms with Crippen LogP contribution in [0.3, 0.4) is 0 Å². The molecule has 96 valence electrons. The number of rotatable bonds is 4. The van der Waals surface area contributed by atoms with Crippen molar-refractivity contribution in [3.05, 3.63) is 47.5 Å². The predicted octanol–water partition coefficient (Wildman–Crippen LogP) is 3.29. The SMILES string of the molecule is CCc1nn(C)cc1NC(C)c1ccccc1F. The van der Waals surface area contributed by atoms with Crippen molar-refractivity contribution in [2.24, 2.45) is 7.05 Å². The minimum absolute atomic E-state index is 0.0827. The van der Waals surface area contributed by atoms with Gasteiger partial charge in [0.1, 0.15) is 5.82 Å². The fourth-order valence-electron chi connectivity index (χ4n) is 2.05. The van der Waals surface area contributed by atoms with Crippen LogP contribution in [-0.4, -0.2) is 9.78 Å². The number of nitrogens with one attached hydrogen (secondary N) is 1. The third-order valence-corrected chi connectivity index (χ3v) is 2.98. The number of nitrogens with zero attached hydrogens (tertiary/aromatic N) is 2. The van der Waals surface area contributed by atoms with Crippen LogP contribution >= 0.6 is 0 Å². The van der Waals surface area contributed by atoms with Crippen LogP contribution in [0.2, 0.25) is 0 Å². The van der Waals surface area contributed by atoms with Crippen LogP contribution in [0.5, 0.6) is 0 Å². The summed E-state index contributed by atoms with van der Waals surface area (Å²) in [6.45, 7) is 4.01. The molecule has 1 aromatic heterocycles. The van der Waals surface area contributed by atoms with Crippen LogP contribution in [0.1, 0.15) is 31.1 Å². The van der Waals surface area contributed by atoms with Crippen LogP contribution in [0.25, 0.3) is 0 Å². The van der Waals surface area contributed by atoms with Gasteiger partial charge in [0.05, 0.1) is 17.4 Å². The number of anilines is 1. The van der Waals surface area contributed by atoms with Crippen molar-refractivity contribution in [1.82, 2.24) is 9.78 Å². The van der Waals surface area contributed by atoms with Gasteiger partial charge in [-0.25, -0.2) is 4.39 Å². The lowest BCUT2D eigenvalue weighted by Gasteiger charge is -2.15. The van der Waals surface area contributed by atoms with Gasteiger partial charge < -0.3 is 5.32 Å². The number of hydrogen-bond donors (Lipinski definition) is 1. The van der Waals surface area contributed by atoms with Crippen LogP contribution in [0, 0.1) is 5.82 Å². The van der Waals surface area contributed by atoms with Crippen molar-refractivity contribution in [2.75, 3.05) is 5.32 Å². The van der Waals surface area contributed by atoms with E-state index in [2.05, 4.69) is 17.3 Å². The second-order valence-electron chi connectivity index (χ2n) is 4.40. The minimum atomic E-state index is -0.181. The maximum absolute atomic E-state index is 13.7. The normalized spacial score (nSPS) is 12.4. The molecule has 0 fully saturated rings. The fourth-order valence-corrected chi connectivity index (χ4v) is 2.05. The Labute approximate surface area is 107 Å². The summed E-state index contributed by atoms with van der Waals surface area (Å²) in [7, 11) is 1.89. The molecule has 18 heavy (non-hydrogen) atoms. The van der Waals surface area contributed by atoms with Gasteiger partial charge in [0.2, 0.25) is 0 Å². The molecular formula is C14H18FN3. The Morgan fingerprint density at radius 3 is 2.78 bits per heavy atom. The summed E-state index contributed by atoms with van der Waals surface area (Å²) in [5.74, 6) is -0.181. The summed E-state index contributed by atoms with van der Waals surface area (Å²) in [6.07, 6.45) is 2.78. The molecule has 2 rings (SSSR count). The number of aryl methyl sites for hydroxylation is 2. The summed E-state index contributed by atoms with van der Waals surface area (Å²) in [4.78, 5) is 0. The van der Waals surface area contributed by atoms with Crippen LogP contribution in [0.15, 0.2) is 30.5 Å². The van der Waals surface area contributed by atoms with E-state index in [1.165, 1.54) is 6.07 Å². The van der Waals surface area contributed by atoms with Crippen LogP contribution < -0.4 is 5.32 Å². The first-order valence-electron chi connectivity index (χ1n) is 6.15. The molecule has 0 radical (unpaired) electrons. The van der Waals surface area contributed by atoms with E-state index in [4.69, 9.17) is 0 Å². The highest BCUT2D eigenvalue weighted by molar-refractivity contribution is 5.48. The van der Waals surface area contributed by atoms with E-state index in [1.54, 1.807) is 16.8 Å². The zero-order valence-electron chi connectivity index (χ0n) is 10.9. The van der Waals surface area contributed by atoms with Gasteiger partial charge in [-0.1, -0.05) is 25.1 Å². The molecule has 0 aliphatic heterocycles. The van der Waals surface area contributed by atoms with Crippen molar-refractivity contribution >= 4 is 5.69 Å². The predicted molar refractivity (Wildman–Crippen MR) is 71.0 cm³/mol. The van der Waals surface area contributed by atoms with Crippen molar-refractivity contribution in [1.29, 1.82) is 0 Å². The Kier molecular flexibility index (Phi) is 3.65. The van der Waals surface area contributed by atoms with Crippen LogP contribution in [-0.2, 0) is 13.5 Å². The summed E-state index contributed by atoms with van der Waals surface area (Å²) in [5, 5.41) is 7.67. The molecule has 0 amide bonds. The number of benzene rings is 1. The zero-order chi connectivity index (χ0) is 13.1. The second-order valence-corrected chi connectivity index (χ2v) is 4.40. The smallest absolute Gasteiger partial charge is 0.128 e. The van der Waals surface area contributed by atoms with Crippen molar-refractivity contribution in [3.8, 4) is 0 Å². The van der Waals surface area contributed by atoms with Crippen LogP contribution in [0.4, 0.5) is 10.1 Å². The van der Waals surface area contributed by atoms with Gasteiger partial charge >= 0.3 is 0 Å². The minimum Gasteiger partial charge on any atom is -0.376 e. The molecule has 1 aromatic carbocycles. The Balaban J connectivity index is 2.21. The van der Waals surface area contributed by atoms with Gasteiger partial charge in [0.25, 0.3) is 0 Å². The van der Waals surface area contributed by atoms with Gasteiger partial charge in [0, 0.05) is 18.8 Å². The Morgan fingerprint density at radius 1 is 1.39 bits per heavy atom. The average Bonchev–Trinajstić information content (AvgIpc) is 2.70. The number of aromatic nitrogens is 2. The second kappa shape index (κ2) is 5.21. The fraction of sp³-hybridized carbons (Fsp3) is 0.357. The lowest BCUT2D eigenvalue weighted by molar-refractivity contribution is 0.600. The standard InChI is InChI=1S/C14H18FN3/c1-4-13-14(9-18(3)17-13)16-10(2)11-7-5-6-8-12(11)15/h5-10,16H,4H2,1-3H3. The number of hydrogen-bond acceptors (Lipinski definition) is 2. The Morgan fingerprint density at radius 2 is 2.11 bits per heavy atom. The molecular weight excluding hydrogens is 229 g/mol. The quantitative estimate of drug-likeness (QED) is 0.898. The van der Waals surface area contributed by atoms with Gasteiger partial charge in [-0.15, -0.1) is 0 Å². The van der Waals surface area contributed by atoms with E-state index in [0.29, 0.717) is 5.56 Å². The first kappa shape index (κ1) is 12.6. The average molecular weight is 247 g/mol. The van der Waals surface area contributed by atoms with E-state index in [-0.39, 0.29) is 11.9 Å². The molecule has 2 aromatic rings. The lowest BCUT2D eigenvalue weighted by atomic mass is 10.1. The Bertz CT molecular complexity index is 534. The number of halogens is 1. The van der Waals surface area contributed by atoms with E-state index in [9.17, 15) is 4.39 Å². The molecule has 1 heterocycles. The summed E-state index contributed by atoms with van der Waals surface area (Å²) in [5.41, 5.74) is 2.64. The van der Waals surface area contributed by atoms with E-state index in [0.717, 1.165) is 17.8 Å². The maximum atomic E-state index is 13.7. The monoisotopic (exact) mass is 247 g/mol. The highest BCUT2D eigenvalue weighted by Gasteiger charge is 2.13.